The topological polar surface area (TPSA) is 136 Å². The molecule has 3 aromatic heterocycles. The van der Waals surface area contributed by atoms with E-state index in [-0.39, 0.29) is 24.8 Å². The number of fused-ring (bicyclic) bond motifs is 1. The molecule has 0 unspecified atom stereocenters. The highest BCUT2D eigenvalue weighted by molar-refractivity contribution is 7.21. The summed E-state index contributed by atoms with van der Waals surface area (Å²) in [6, 6.07) is 1.11. The standard InChI is InChI=1S/C19H21F3N6O3S/c1-8-13(17-27-11-5-23-3-2-12(11)32-17)16(28-18(25-8)24-7-19(20,21)22)26-10-4-9(6-29)14(30)15(10)31/h2-3,5,9-10,14-15,29-31H,4,6-7H2,1H3,(H2,24,25,26,28)/t9-,10-,14-,15+/m1/s1. The summed E-state index contributed by atoms with van der Waals surface area (Å²) in [7, 11) is 0. The number of aryl methyl sites for hydroxylation is 1. The van der Waals surface area contributed by atoms with Crippen molar-refractivity contribution in [1.29, 1.82) is 0 Å². The number of aromatic nitrogens is 4. The number of nitrogens with zero attached hydrogens (tertiary/aromatic N) is 4. The molecular formula is C19H21F3N6O3S. The first-order chi connectivity index (χ1) is 15.2. The van der Waals surface area contributed by atoms with E-state index in [2.05, 4.69) is 30.6 Å². The minimum atomic E-state index is -4.45. The molecule has 172 valence electrons. The fourth-order valence-electron chi connectivity index (χ4n) is 3.70. The highest BCUT2D eigenvalue weighted by Crippen LogP contribution is 2.38. The van der Waals surface area contributed by atoms with Gasteiger partial charge in [-0.1, -0.05) is 0 Å². The molecule has 0 aromatic carbocycles. The summed E-state index contributed by atoms with van der Waals surface area (Å²) in [6.07, 6.45) is -3.31. The van der Waals surface area contributed by atoms with E-state index in [1.54, 1.807) is 25.4 Å². The Morgan fingerprint density at radius 2 is 1.97 bits per heavy atom. The van der Waals surface area contributed by atoms with E-state index >= 15 is 0 Å². The van der Waals surface area contributed by atoms with Crippen molar-refractivity contribution >= 4 is 33.3 Å². The van der Waals surface area contributed by atoms with E-state index in [0.717, 1.165) is 4.70 Å². The van der Waals surface area contributed by atoms with E-state index in [4.69, 9.17) is 0 Å². The van der Waals surface area contributed by atoms with Crippen LogP contribution in [0, 0.1) is 12.8 Å². The average molecular weight is 470 g/mol. The molecule has 13 heteroatoms. The van der Waals surface area contributed by atoms with Crippen LogP contribution in [0.5, 0.6) is 0 Å². The average Bonchev–Trinajstić information content (AvgIpc) is 3.27. The number of hydrogen-bond acceptors (Lipinski definition) is 10. The van der Waals surface area contributed by atoms with Crippen LogP contribution in [0.1, 0.15) is 12.1 Å². The van der Waals surface area contributed by atoms with E-state index in [9.17, 15) is 28.5 Å². The lowest BCUT2D eigenvalue weighted by atomic mass is 10.1. The molecule has 0 radical (unpaired) electrons. The van der Waals surface area contributed by atoms with Crippen molar-refractivity contribution in [2.75, 3.05) is 23.8 Å². The van der Waals surface area contributed by atoms with Gasteiger partial charge in [0.05, 0.1) is 34.3 Å². The molecule has 3 aromatic rings. The van der Waals surface area contributed by atoms with Gasteiger partial charge in [-0.05, 0) is 19.4 Å². The maximum atomic E-state index is 12.7. The maximum Gasteiger partial charge on any atom is 0.405 e. The summed E-state index contributed by atoms with van der Waals surface area (Å²) in [5.74, 6) is -0.602. The summed E-state index contributed by atoms with van der Waals surface area (Å²) in [6.45, 7) is 0.00639. The number of rotatable bonds is 6. The predicted molar refractivity (Wildman–Crippen MR) is 112 cm³/mol. The van der Waals surface area contributed by atoms with Crippen molar-refractivity contribution in [3.63, 3.8) is 0 Å². The van der Waals surface area contributed by atoms with Crippen molar-refractivity contribution in [3.8, 4) is 10.6 Å². The van der Waals surface area contributed by atoms with Crippen molar-refractivity contribution in [1.82, 2.24) is 19.9 Å². The van der Waals surface area contributed by atoms with Crippen LogP contribution in [-0.4, -0.2) is 72.8 Å². The van der Waals surface area contributed by atoms with Crippen LogP contribution in [0.25, 0.3) is 20.8 Å². The number of halogens is 3. The summed E-state index contributed by atoms with van der Waals surface area (Å²) >= 11 is 1.34. The first-order valence-corrected chi connectivity index (χ1v) is 10.6. The molecule has 9 nitrogen and oxygen atoms in total. The van der Waals surface area contributed by atoms with Crippen LogP contribution < -0.4 is 10.6 Å². The van der Waals surface area contributed by atoms with Gasteiger partial charge in [-0.2, -0.15) is 18.2 Å². The number of aliphatic hydroxyl groups excluding tert-OH is 3. The Morgan fingerprint density at radius 3 is 2.62 bits per heavy atom. The van der Waals surface area contributed by atoms with Crippen molar-refractivity contribution in [3.05, 3.63) is 24.2 Å². The van der Waals surface area contributed by atoms with Gasteiger partial charge in [0.25, 0.3) is 0 Å². The Labute approximate surface area is 184 Å². The largest absolute Gasteiger partial charge is 0.405 e. The Kier molecular flexibility index (Phi) is 6.16. The number of aliphatic hydroxyl groups is 3. The lowest BCUT2D eigenvalue weighted by Gasteiger charge is -2.21. The molecule has 0 saturated heterocycles. The van der Waals surface area contributed by atoms with Crippen LogP contribution >= 0.6 is 11.3 Å². The van der Waals surface area contributed by atoms with Crippen LogP contribution in [0.15, 0.2) is 18.5 Å². The Morgan fingerprint density at radius 1 is 1.19 bits per heavy atom. The van der Waals surface area contributed by atoms with E-state index in [0.29, 0.717) is 21.8 Å². The van der Waals surface area contributed by atoms with E-state index in [1.165, 1.54) is 11.3 Å². The molecule has 0 bridgehead atoms. The second-order valence-corrected chi connectivity index (χ2v) is 8.63. The zero-order valence-electron chi connectivity index (χ0n) is 16.8. The Hall–Kier alpha value is -2.61. The van der Waals surface area contributed by atoms with E-state index < -0.39 is 36.9 Å². The number of alkyl halides is 3. The second kappa shape index (κ2) is 8.73. The zero-order chi connectivity index (χ0) is 23.0. The van der Waals surface area contributed by atoms with E-state index in [1.807, 2.05) is 0 Å². The quantitative estimate of drug-likeness (QED) is 0.366. The monoisotopic (exact) mass is 470 g/mol. The van der Waals surface area contributed by atoms with Gasteiger partial charge in [-0.15, -0.1) is 11.3 Å². The SMILES string of the molecule is Cc1nc(NCC(F)(F)F)nc(N[C@@H]2C[C@H](CO)[C@@H](O)[C@H]2O)c1-c1nc2cnccc2s1. The van der Waals surface area contributed by atoms with Crippen molar-refractivity contribution in [2.45, 2.75) is 37.8 Å². The maximum absolute atomic E-state index is 12.7. The smallest absolute Gasteiger partial charge is 0.396 e. The van der Waals surface area contributed by atoms with Gasteiger partial charge < -0.3 is 26.0 Å². The zero-order valence-corrected chi connectivity index (χ0v) is 17.7. The van der Waals surface area contributed by atoms with Gasteiger partial charge in [0.2, 0.25) is 5.95 Å². The minimum absolute atomic E-state index is 0.170. The molecule has 3 heterocycles. The molecule has 1 aliphatic carbocycles. The number of thiazole rings is 1. The normalized spacial score (nSPS) is 23.6. The fraction of sp³-hybridized carbons (Fsp3) is 0.474. The van der Waals surface area contributed by atoms with Gasteiger partial charge in [0, 0.05) is 18.7 Å². The number of nitrogens with one attached hydrogen (secondary N) is 2. The molecule has 32 heavy (non-hydrogen) atoms. The van der Waals surface area contributed by atoms with Crippen LogP contribution in [-0.2, 0) is 0 Å². The van der Waals surface area contributed by atoms with Crippen LogP contribution in [0.3, 0.4) is 0 Å². The highest BCUT2D eigenvalue weighted by Gasteiger charge is 2.41. The molecule has 4 atom stereocenters. The van der Waals surface area contributed by atoms with Gasteiger partial charge in [0.15, 0.2) is 0 Å². The summed E-state index contributed by atoms with van der Waals surface area (Å²) in [4.78, 5) is 17.0. The lowest BCUT2D eigenvalue weighted by Crippen LogP contribution is -2.36. The number of hydrogen-bond donors (Lipinski definition) is 5. The van der Waals surface area contributed by atoms with Crippen molar-refractivity contribution in [2.24, 2.45) is 5.92 Å². The van der Waals surface area contributed by atoms with Gasteiger partial charge in [-0.3, -0.25) is 4.98 Å². The third kappa shape index (κ3) is 4.60. The molecular weight excluding hydrogens is 449 g/mol. The summed E-state index contributed by atoms with van der Waals surface area (Å²) < 4.78 is 38.9. The number of pyridine rings is 1. The molecule has 1 saturated carbocycles. The molecule has 0 aliphatic heterocycles. The first-order valence-electron chi connectivity index (χ1n) is 9.80. The first kappa shape index (κ1) is 22.6. The van der Waals surface area contributed by atoms with Crippen molar-refractivity contribution < 1.29 is 28.5 Å². The van der Waals surface area contributed by atoms with Crippen LogP contribution in [0.4, 0.5) is 24.9 Å². The van der Waals surface area contributed by atoms with Gasteiger partial charge >= 0.3 is 6.18 Å². The lowest BCUT2D eigenvalue weighted by molar-refractivity contribution is -0.115. The molecule has 1 aliphatic rings. The summed E-state index contributed by atoms with van der Waals surface area (Å²) in [5, 5.41) is 35.7. The second-order valence-electron chi connectivity index (χ2n) is 7.60. The molecule has 0 amide bonds. The molecule has 0 spiro atoms. The highest BCUT2D eigenvalue weighted by atomic mass is 32.1. The molecule has 1 fully saturated rings. The molecule has 5 N–H and O–H groups in total. The Balaban J connectivity index is 1.74. The van der Waals surface area contributed by atoms with Gasteiger partial charge in [0.1, 0.15) is 29.0 Å². The minimum Gasteiger partial charge on any atom is -0.396 e. The summed E-state index contributed by atoms with van der Waals surface area (Å²) in [5.41, 5.74) is 1.50. The predicted octanol–water partition coefficient (Wildman–Crippen LogP) is 1.95. The Bertz CT molecular complexity index is 1080. The fourth-order valence-corrected chi connectivity index (χ4v) is 4.73. The number of anilines is 2. The molecule has 4 rings (SSSR count). The third-order valence-electron chi connectivity index (χ3n) is 5.30. The van der Waals surface area contributed by atoms with Crippen LogP contribution in [0.2, 0.25) is 0 Å². The third-order valence-corrected chi connectivity index (χ3v) is 6.35. The van der Waals surface area contributed by atoms with Gasteiger partial charge in [-0.25, -0.2) is 9.97 Å².